The Hall–Kier alpha value is -1.39. The topological polar surface area (TPSA) is 55.8 Å². The van der Waals surface area contributed by atoms with Crippen LogP contribution in [0.5, 0.6) is 0 Å². The highest BCUT2D eigenvalue weighted by atomic mass is 16.6. The molecule has 1 unspecified atom stereocenters. The lowest BCUT2D eigenvalue weighted by atomic mass is 10.1. The van der Waals surface area contributed by atoms with Crippen molar-refractivity contribution >= 4 is 5.97 Å². The molecule has 0 aliphatic carbocycles. The maximum atomic E-state index is 12.1. The molecule has 0 saturated heterocycles. The zero-order chi connectivity index (χ0) is 29.9. The van der Waals surface area contributed by atoms with Gasteiger partial charge in [0.2, 0.25) is 0 Å². The number of allylic oxidation sites excluding steroid dienone is 6. The monoisotopic (exact) mass is 577 g/mol. The Balaban J connectivity index is 3.48. The third-order valence-corrected chi connectivity index (χ3v) is 7.44. The normalized spacial score (nSPS) is 12.8. The van der Waals surface area contributed by atoms with Crippen LogP contribution in [0.1, 0.15) is 168 Å². The first-order chi connectivity index (χ1) is 20.2. The molecule has 0 aromatic heterocycles. The highest BCUT2D eigenvalue weighted by molar-refractivity contribution is 5.69. The molecular weight excluding hydrogens is 508 g/mol. The number of unbranched alkanes of at least 4 members (excludes halogenated alkanes) is 18. The number of carbonyl (C=O) groups excluding carboxylic acids is 1. The maximum absolute atomic E-state index is 12.1. The predicted octanol–water partition coefficient (Wildman–Crippen LogP) is 11.0. The number of aliphatic hydroxyl groups excluding tert-OH is 1. The van der Waals surface area contributed by atoms with Gasteiger partial charge in [-0.15, -0.1) is 0 Å². The number of carbonyl (C=O) groups is 1. The zero-order valence-electron chi connectivity index (χ0n) is 27.3. The lowest BCUT2D eigenvalue weighted by Gasteiger charge is -2.15. The van der Waals surface area contributed by atoms with Gasteiger partial charge in [-0.25, -0.2) is 0 Å². The molecule has 0 aliphatic rings. The van der Waals surface area contributed by atoms with Crippen LogP contribution in [0.2, 0.25) is 0 Å². The summed E-state index contributed by atoms with van der Waals surface area (Å²) in [6.07, 6.45) is 41.7. The summed E-state index contributed by atoms with van der Waals surface area (Å²) in [5, 5.41) is 9.53. The molecule has 0 fully saturated rings. The number of aliphatic hydroxyl groups is 1. The number of esters is 1. The van der Waals surface area contributed by atoms with Gasteiger partial charge in [0.05, 0.1) is 13.2 Å². The minimum Gasteiger partial charge on any atom is -0.457 e. The first kappa shape index (κ1) is 39.6. The SMILES string of the molecule is CCCCC/C=C\C/C=C\CCCCCCCCOCC(CO)OC(=O)CCCCCCC/C=C\CCCCCC. The maximum Gasteiger partial charge on any atom is 0.306 e. The molecule has 1 atom stereocenters. The highest BCUT2D eigenvalue weighted by Crippen LogP contribution is 2.11. The van der Waals surface area contributed by atoms with Gasteiger partial charge in [0.25, 0.3) is 0 Å². The van der Waals surface area contributed by atoms with Gasteiger partial charge >= 0.3 is 5.97 Å². The Bertz CT molecular complexity index is 610. The van der Waals surface area contributed by atoms with Crippen molar-refractivity contribution in [2.75, 3.05) is 19.8 Å². The van der Waals surface area contributed by atoms with E-state index < -0.39 is 6.10 Å². The highest BCUT2D eigenvalue weighted by Gasteiger charge is 2.13. The third kappa shape index (κ3) is 33.0. The Labute approximate surface area is 255 Å². The van der Waals surface area contributed by atoms with Crippen molar-refractivity contribution in [1.29, 1.82) is 0 Å². The van der Waals surface area contributed by atoms with Crippen LogP contribution in [0.15, 0.2) is 36.5 Å². The molecule has 41 heavy (non-hydrogen) atoms. The summed E-state index contributed by atoms with van der Waals surface area (Å²) >= 11 is 0. The van der Waals surface area contributed by atoms with Crippen LogP contribution in [-0.2, 0) is 14.3 Å². The number of hydrogen-bond acceptors (Lipinski definition) is 4. The fourth-order valence-electron chi connectivity index (χ4n) is 4.76. The average molecular weight is 577 g/mol. The van der Waals surface area contributed by atoms with E-state index in [9.17, 15) is 9.90 Å². The fraction of sp³-hybridized carbons (Fsp3) is 0.811. The van der Waals surface area contributed by atoms with Crippen LogP contribution in [0.4, 0.5) is 0 Å². The molecule has 240 valence electrons. The van der Waals surface area contributed by atoms with E-state index in [0.29, 0.717) is 13.0 Å². The summed E-state index contributed by atoms with van der Waals surface area (Å²) in [6.45, 7) is 5.27. The largest absolute Gasteiger partial charge is 0.457 e. The second-order valence-corrected chi connectivity index (χ2v) is 11.6. The predicted molar refractivity (Wildman–Crippen MR) is 177 cm³/mol. The van der Waals surface area contributed by atoms with Gasteiger partial charge in [0.15, 0.2) is 0 Å². The van der Waals surface area contributed by atoms with Crippen molar-refractivity contribution in [2.45, 2.75) is 174 Å². The summed E-state index contributed by atoms with van der Waals surface area (Å²) < 4.78 is 11.1. The molecule has 0 bridgehead atoms. The van der Waals surface area contributed by atoms with Crippen molar-refractivity contribution in [2.24, 2.45) is 0 Å². The quantitative estimate of drug-likeness (QED) is 0.0491. The Kier molecular flexibility index (Phi) is 33.6. The lowest BCUT2D eigenvalue weighted by Crippen LogP contribution is -2.27. The smallest absolute Gasteiger partial charge is 0.306 e. The van der Waals surface area contributed by atoms with E-state index >= 15 is 0 Å². The summed E-state index contributed by atoms with van der Waals surface area (Å²) in [5.41, 5.74) is 0. The van der Waals surface area contributed by atoms with Crippen molar-refractivity contribution < 1.29 is 19.4 Å². The van der Waals surface area contributed by atoms with Gasteiger partial charge < -0.3 is 14.6 Å². The molecule has 4 heteroatoms. The molecule has 0 radical (unpaired) electrons. The van der Waals surface area contributed by atoms with Gasteiger partial charge in [-0.3, -0.25) is 4.79 Å². The molecular formula is C37H68O4. The number of ether oxygens (including phenoxy) is 2. The Morgan fingerprint density at radius 1 is 0.585 bits per heavy atom. The van der Waals surface area contributed by atoms with Crippen molar-refractivity contribution in [3.8, 4) is 0 Å². The molecule has 0 heterocycles. The summed E-state index contributed by atoms with van der Waals surface area (Å²) in [6, 6.07) is 0. The summed E-state index contributed by atoms with van der Waals surface area (Å²) in [4.78, 5) is 12.1. The molecule has 0 aromatic carbocycles. The van der Waals surface area contributed by atoms with Gasteiger partial charge in [-0.05, 0) is 70.6 Å². The van der Waals surface area contributed by atoms with Crippen molar-refractivity contribution in [3.63, 3.8) is 0 Å². The van der Waals surface area contributed by atoms with Crippen LogP contribution in [0.25, 0.3) is 0 Å². The van der Waals surface area contributed by atoms with E-state index in [1.54, 1.807) is 0 Å². The van der Waals surface area contributed by atoms with Crippen LogP contribution in [0.3, 0.4) is 0 Å². The Morgan fingerprint density at radius 2 is 1.02 bits per heavy atom. The Morgan fingerprint density at radius 3 is 1.59 bits per heavy atom. The van der Waals surface area contributed by atoms with E-state index in [2.05, 4.69) is 50.3 Å². The number of rotatable bonds is 32. The minimum atomic E-state index is -0.541. The second kappa shape index (κ2) is 34.8. The molecule has 0 aliphatic heterocycles. The van der Waals surface area contributed by atoms with Gasteiger partial charge in [-0.2, -0.15) is 0 Å². The molecule has 1 N–H and O–H groups in total. The lowest BCUT2D eigenvalue weighted by molar-refractivity contribution is -0.154. The fourth-order valence-corrected chi connectivity index (χ4v) is 4.76. The first-order valence-electron chi connectivity index (χ1n) is 17.6. The molecule has 0 saturated carbocycles. The van der Waals surface area contributed by atoms with E-state index in [4.69, 9.17) is 9.47 Å². The zero-order valence-corrected chi connectivity index (χ0v) is 27.3. The van der Waals surface area contributed by atoms with E-state index in [0.717, 1.165) is 32.1 Å². The summed E-state index contributed by atoms with van der Waals surface area (Å²) in [7, 11) is 0. The molecule has 4 nitrogen and oxygen atoms in total. The first-order valence-corrected chi connectivity index (χ1v) is 17.6. The molecule has 0 amide bonds. The standard InChI is InChI=1S/C37H68O4/c1-3-5-7-9-11-13-15-17-18-19-21-23-25-27-29-31-33-40-35-36(34-38)41-37(39)32-30-28-26-24-22-20-16-14-12-10-8-6-4-2/h11,13-14,16-18,36,38H,3-10,12,15,19-35H2,1-2H3/b13-11-,16-14-,18-17-. The van der Waals surface area contributed by atoms with E-state index in [-0.39, 0.29) is 19.2 Å². The van der Waals surface area contributed by atoms with Gasteiger partial charge in [-0.1, -0.05) is 127 Å². The van der Waals surface area contributed by atoms with Crippen LogP contribution >= 0.6 is 0 Å². The molecule has 0 spiro atoms. The minimum absolute atomic E-state index is 0.179. The van der Waals surface area contributed by atoms with Gasteiger partial charge in [0.1, 0.15) is 6.10 Å². The van der Waals surface area contributed by atoms with Crippen molar-refractivity contribution in [3.05, 3.63) is 36.5 Å². The van der Waals surface area contributed by atoms with Crippen LogP contribution in [-0.4, -0.2) is 37.0 Å². The van der Waals surface area contributed by atoms with Crippen LogP contribution < -0.4 is 0 Å². The molecule has 0 aromatic rings. The third-order valence-electron chi connectivity index (χ3n) is 7.44. The second-order valence-electron chi connectivity index (χ2n) is 11.6. The van der Waals surface area contributed by atoms with E-state index in [1.165, 1.54) is 116 Å². The van der Waals surface area contributed by atoms with Gasteiger partial charge in [0, 0.05) is 13.0 Å². The van der Waals surface area contributed by atoms with E-state index in [1.807, 2.05) is 0 Å². The van der Waals surface area contributed by atoms with Crippen molar-refractivity contribution in [1.82, 2.24) is 0 Å². The summed E-state index contributed by atoms with van der Waals surface area (Å²) in [5.74, 6) is -0.215. The van der Waals surface area contributed by atoms with Crippen LogP contribution in [0, 0.1) is 0 Å². The molecule has 0 rings (SSSR count). The number of hydrogen-bond donors (Lipinski definition) is 1. The average Bonchev–Trinajstić information content (AvgIpc) is 2.98.